The van der Waals surface area contributed by atoms with Crippen LogP contribution in [0.25, 0.3) is 0 Å². The van der Waals surface area contributed by atoms with Crippen LogP contribution in [0.1, 0.15) is 245 Å². The summed E-state index contributed by atoms with van der Waals surface area (Å²) in [7, 11) is 3.61. The van der Waals surface area contributed by atoms with Gasteiger partial charge in [-0.15, -0.1) is 0 Å². The lowest BCUT2D eigenvalue weighted by Gasteiger charge is -2.43. The van der Waals surface area contributed by atoms with Crippen LogP contribution in [-0.2, 0) is 23.9 Å². The van der Waals surface area contributed by atoms with Crippen molar-refractivity contribution in [2.24, 2.45) is 5.92 Å². The second-order valence-electron chi connectivity index (χ2n) is 18.9. The molecule has 0 bridgehead atoms. The summed E-state index contributed by atoms with van der Waals surface area (Å²) in [4.78, 5) is 58.1. The number of amides is 4. The van der Waals surface area contributed by atoms with Gasteiger partial charge in [-0.2, -0.15) is 0 Å². The number of rotatable bonds is 40. The monoisotopic (exact) mass is 846 g/mol. The molecule has 2 aliphatic rings. The normalized spacial score (nSPS) is 18.6. The smallest absolute Gasteiger partial charge is 0.334 e. The number of ether oxygens (including phenoxy) is 2. The molecule has 9 nitrogen and oxygen atoms in total. The van der Waals surface area contributed by atoms with Crippen molar-refractivity contribution in [1.29, 1.82) is 0 Å². The fourth-order valence-corrected chi connectivity index (χ4v) is 9.20. The van der Waals surface area contributed by atoms with Crippen LogP contribution in [0, 0.1) is 5.92 Å². The topological polar surface area (TPSA) is 96.5 Å². The number of barbiturate groups is 1. The third-order valence-corrected chi connectivity index (χ3v) is 12.9. The van der Waals surface area contributed by atoms with Crippen molar-refractivity contribution >= 4 is 23.8 Å². The average molecular weight is 846 g/mol. The number of imide groups is 2. The van der Waals surface area contributed by atoms with Gasteiger partial charge in [0.2, 0.25) is 11.8 Å². The van der Waals surface area contributed by atoms with Crippen molar-refractivity contribution in [2.75, 3.05) is 40.4 Å². The van der Waals surface area contributed by atoms with Gasteiger partial charge < -0.3 is 14.4 Å². The van der Waals surface area contributed by atoms with Crippen molar-refractivity contribution < 1.29 is 28.7 Å². The maximum Gasteiger partial charge on any atom is 0.334 e. The first-order valence-corrected chi connectivity index (χ1v) is 25.9. The van der Waals surface area contributed by atoms with Crippen LogP contribution in [0.4, 0.5) is 4.79 Å². The van der Waals surface area contributed by atoms with Crippen molar-refractivity contribution in [2.45, 2.75) is 257 Å². The Bertz CT molecular complexity index is 1100. The predicted octanol–water partition coefficient (Wildman–Crippen LogP) is 13.3. The Morgan fingerprint density at radius 3 is 1.37 bits per heavy atom. The Kier molecular flexibility index (Phi) is 32.9. The molecule has 1 saturated heterocycles. The highest BCUT2D eigenvalue weighted by Gasteiger charge is 2.49. The lowest BCUT2D eigenvalue weighted by molar-refractivity contribution is -0.158. The van der Waals surface area contributed by atoms with Gasteiger partial charge in [-0.1, -0.05) is 206 Å². The summed E-state index contributed by atoms with van der Waals surface area (Å²) in [5.41, 5.74) is 0. The van der Waals surface area contributed by atoms with E-state index in [0.29, 0.717) is 19.4 Å². The van der Waals surface area contributed by atoms with E-state index in [4.69, 9.17) is 9.47 Å². The van der Waals surface area contributed by atoms with Gasteiger partial charge in [0.1, 0.15) is 12.5 Å². The highest BCUT2D eigenvalue weighted by atomic mass is 16.5. The molecule has 60 heavy (non-hydrogen) atoms. The maximum atomic E-state index is 13.8. The van der Waals surface area contributed by atoms with Gasteiger partial charge in [-0.05, 0) is 52.6 Å². The Balaban J connectivity index is 1.63. The fraction of sp³-hybridized carbons (Fsp3) is 0.922. The quantitative estimate of drug-likeness (QED) is 0.0344. The van der Waals surface area contributed by atoms with Crippen molar-refractivity contribution in [3.63, 3.8) is 0 Å². The Hall–Kier alpha value is -2.00. The molecular weight excluding hydrogens is 751 g/mol. The molecule has 2 fully saturated rings. The Morgan fingerprint density at radius 1 is 0.550 bits per heavy atom. The summed E-state index contributed by atoms with van der Waals surface area (Å²) in [6.45, 7) is 5.23. The number of unbranched alkanes of at least 4 members (excludes halogenated alkanes) is 30. The minimum atomic E-state index is -1.03. The van der Waals surface area contributed by atoms with Crippen molar-refractivity contribution in [3.05, 3.63) is 0 Å². The van der Waals surface area contributed by atoms with Crippen LogP contribution in [0.3, 0.4) is 0 Å². The standard InChI is InChI=1S/C51H95N3O6/c1-5-7-9-11-13-15-17-19-21-23-25-27-29-31-33-35-40-59-46-39-37-38-45(42-46)54-50(57)47(43-52(3)4)49(56)53(51(54)58)44-48(55)60-41-36-34-32-30-28-26-24-22-20-18-16-14-12-10-8-6-2/h45-47H,5-44H2,1-4H3. The lowest BCUT2D eigenvalue weighted by atomic mass is 9.90. The minimum absolute atomic E-state index is 0.0243. The van der Waals surface area contributed by atoms with Gasteiger partial charge in [0.15, 0.2) is 0 Å². The first-order valence-electron chi connectivity index (χ1n) is 25.9. The molecule has 1 saturated carbocycles. The molecule has 3 atom stereocenters. The predicted molar refractivity (Wildman–Crippen MR) is 248 cm³/mol. The molecule has 0 aromatic carbocycles. The van der Waals surface area contributed by atoms with E-state index in [1.54, 1.807) is 19.0 Å². The molecule has 0 radical (unpaired) electrons. The van der Waals surface area contributed by atoms with Crippen LogP contribution in [0.15, 0.2) is 0 Å². The van der Waals surface area contributed by atoms with E-state index >= 15 is 0 Å². The zero-order valence-electron chi connectivity index (χ0n) is 39.8. The Morgan fingerprint density at radius 2 is 0.950 bits per heavy atom. The molecular formula is C51H95N3O6. The molecule has 0 N–H and O–H groups in total. The Labute approximate surface area is 369 Å². The van der Waals surface area contributed by atoms with E-state index < -0.39 is 36.3 Å². The van der Waals surface area contributed by atoms with Crippen LogP contribution in [-0.4, -0.2) is 91.1 Å². The van der Waals surface area contributed by atoms with E-state index in [0.717, 1.165) is 49.8 Å². The molecule has 3 unspecified atom stereocenters. The number of urea groups is 1. The molecule has 0 aromatic rings. The summed E-state index contributed by atoms with van der Waals surface area (Å²) in [6, 6.07) is -1.04. The number of esters is 1. The molecule has 0 spiro atoms. The summed E-state index contributed by atoms with van der Waals surface area (Å²) in [5.74, 6) is -2.70. The number of hydrogen-bond donors (Lipinski definition) is 0. The summed E-state index contributed by atoms with van der Waals surface area (Å²) >= 11 is 0. The average Bonchev–Trinajstić information content (AvgIpc) is 3.23. The van der Waals surface area contributed by atoms with E-state index in [1.165, 1.54) is 178 Å². The van der Waals surface area contributed by atoms with Gasteiger partial charge >= 0.3 is 12.0 Å². The highest BCUT2D eigenvalue weighted by Crippen LogP contribution is 2.31. The second kappa shape index (κ2) is 36.5. The fourth-order valence-electron chi connectivity index (χ4n) is 9.20. The molecule has 9 heteroatoms. The van der Waals surface area contributed by atoms with E-state index in [1.807, 2.05) is 0 Å². The molecule has 2 rings (SSSR count). The summed E-state index contributed by atoms with van der Waals surface area (Å²) < 4.78 is 11.8. The highest BCUT2D eigenvalue weighted by molar-refractivity contribution is 6.17. The molecule has 0 aromatic heterocycles. The lowest BCUT2D eigenvalue weighted by Crippen LogP contribution is -2.65. The van der Waals surface area contributed by atoms with Gasteiger partial charge in [0, 0.05) is 19.2 Å². The van der Waals surface area contributed by atoms with Crippen molar-refractivity contribution in [1.82, 2.24) is 14.7 Å². The van der Waals surface area contributed by atoms with Crippen LogP contribution in [0.2, 0.25) is 0 Å². The maximum absolute atomic E-state index is 13.8. The first-order chi connectivity index (χ1) is 29.3. The van der Waals surface area contributed by atoms with E-state index in [9.17, 15) is 19.2 Å². The molecule has 1 heterocycles. The second-order valence-corrected chi connectivity index (χ2v) is 18.9. The van der Waals surface area contributed by atoms with Gasteiger partial charge in [0.25, 0.3) is 0 Å². The molecule has 4 amide bonds. The molecule has 350 valence electrons. The van der Waals surface area contributed by atoms with Gasteiger partial charge in [-0.3, -0.25) is 24.2 Å². The van der Waals surface area contributed by atoms with Crippen LogP contribution < -0.4 is 0 Å². The SMILES string of the molecule is CCCCCCCCCCCCCCCCCCOC(=O)CN1C(=O)C(CN(C)C)C(=O)N(C2CCCC(OCCCCCCCCCCCCCCCCCC)C2)C1=O. The van der Waals surface area contributed by atoms with Gasteiger partial charge in [-0.25, -0.2) is 4.79 Å². The zero-order valence-corrected chi connectivity index (χ0v) is 39.8. The largest absolute Gasteiger partial charge is 0.464 e. The van der Waals surface area contributed by atoms with E-state index in [-0.39, 0.29) is 25.3 Å². The molecule has 1 aliphatic carbocycles. The number of carbonyl (C=O) groups excluding carboxylic acids is 4. The van der Waals surface area contributed by atoms with Crippen molar-refractivity contribution in [3.8, 4) is 0 Å². The number of nitrogens with zero attached hydrogens (tertiary/aromatic N) is 3. The van der Waals surface area contributed by atoms with Crippen LogP contribution in [0.5, 0.6) is 0 Å². The third-order valence-electron chi connectivity index (χ3n) is 12.9. The van der Waals surface area contributed by atoms with E-state index in [2.05, 4.69) is 13.8 Å². The third kappa shape index (κ3) is 25.2. The minimum Gasteiger partial charge on any atom is -0.464 e. The zero-order chi connectivity index (χ0) is 43.5. The number of carbonyl (C=O) groups is 4. The summed E-state index contributed by atoms with van der Waals surface area (Å²) in [6.07, 6.45) is 44.7. The number of hydrogen-bond acceptors (Lipinski definition) is 7. The summed E-state index contributed by atoms with van der Waals surface area (Å²) in [5, 5.41) is 0. The molecule has 1 aliphatic heterocycles. The first kappa shape index (κ1) is 54.1. The van der Waals surface area contributed by atoms with Crippen LogP contribution >= 0.6 is 0 Å². The van der Waals surface area contributed by atoms with Gasteiger partial charge in [0.05, 0.1) is 12.7 Å².